The SMILES string of the molecule is CC(C)OC(CCCCCCCCCc1cccc(CCCCCCCCCC(OC(C)C)(OC(C)C)OC(C)C)c1)(OC(C)C)OC(C)C. The molecule has 0 aromatic heterocycles. The Morgan fingerprint density at radius 1 is 0.360 bits per heavy atom. The Morgan fingerprint density at radius 3 is 0.860 bits per heavy atom. The Kier molecular flexibility index (Phi) is 25.1. The van der Waals surface area contributed by atoms with Gasteiger partial charge in [0.25, 0.3) is 11.9 Å². The van der Waals surface area contributed by atoms with Crippen molar-refractivity contribution >= 4 is 0 Å². The highest BCUT2D eigenvalue weighted by molar-refractivity contribution is 5.23. The molecule has 0 aliphatic heterocycles. The molecule has 294 valence electrons. The van der Waals surface area contributed by atoms with Crippen molar-refractivity contribution in [3.8, 4) is 0 Å². The third-order valence-electron chi connectivity index (χ3n) is 8.38. The zero-order chi connectivity index (χ0) is 37.4. The van der Waals surface area contributed by atoms with Gasteiger partial charge in [-0.2, -0.15) is 0 Å². The lowest BCUT2D eigenvalue weighted by molar-refractivity contribution is -0.412. The van der Waals surface area contributed by atoms with Crippen LogP contribution in [0.25, 0.3) is 0 Å². The van der Waals surface area contributed by atoms with E-state index in [1.165, 1.54) is 101 Å². The van der Waals surface area contributed by atoms with Crippen molar-refractivity contribution in [2.45, 2.75) is 247 Å². The molecule has 6 heteroatoms. The summed E-state index contributed by atoms with van der Waals surface area (Å²) < 4.78 is 37.2. The Morgan fingerprint density at radius 2 is 0.600 bits per heavy atom. The first-order valence-electron chi connectivity index (χ1n) is 20.8. The maximum Gasteiger partial charge on any atom is 0.283 e. The predicted octanol–water partition coefficient (Wildman–Crippen LogP) is 12.9. The van der Waals surface area contributed by atoms with Crippen LogP contribution in [0.4, 0.5) is 0 Å². The maximum atomic E-state index is 6.20. The Bertz CT molecular complexity index is 816. The summed E-state index contributed by atoms with van der Waals surface area (Å²) in [7, 11) is 0. The summed E-state index contributed by atoms with van der Waals surface area (Å²) in [6, 6.07) is 9.34. The van der Waals surface area contributed by atoms with Crippen LogP contribution in [0.15, 0.2) is 24.3 Å². The van der Waals surface area contributed by atoms with Crippen LogP contribution in [-0.4, -0.2) is 48.6 Å². The molecule has 0 radical (unpaired) electrons. The van der Waals surface area contributed by atoms with Gasteiger partial charge in [0.2, 0.25) is 0 Å². The molecule has 6 nitrogen and oxygen atoms in total. The van der Waals surface area contributed by atoms with E-state index in [0.717, 1.165) is 25.7 Å². The van der Waals surface area contributed by atoms with Crippen LogP contribution in [0.5, 0.6) is 0 Å². The Hall–Kier alpha value is -1.02. The minimum Gasteiger partial charge on any atom is -0.325 e. The molecule has 0 aliphatic carbocycles. The van der Waals surface area contributed by atoms with Crippen molar-refractivity contribution in [1.29, 1.82) is 0 Å². The zero-order valence-electron chi connectivity index (χ0n) is 35.0. The first-order chi connectivity index (χ1) is 23.7. The van der Waals surface area contributed by atoms with Gasteiger partial charge in [-0.1, -0.05) is 88.5 Å². The topological polar surface area (TPSA) is 55.4 Å². The molecule has 0 aliphatic rings. The van der Waals surface area contributed by atoms with Crippen molar-refractivity contribution in [3.05, 3.63) is 35.4 Å². The fraction of sp³-hybridized carbons (Fsp3) is 0.864. The van der Waals surface area contributed by atoms with Crippen LogP contribution in [0, 0.1) is 0 Å². The lowest BCUT2D eigenvalue weighted by Gasteiger charge is -2.38. The van der Waals surface area contributed by atoms with E-state index in [0.29, 0.717) is 0 Å². The van der Waals surface area contributed by atoms with E-state index >= 15 is 0 Å². The van der Waals surface area contributed by atoms with Gasteiger partial charge in [0.1, 0.15) is 0 Å². The molecule has 1 aromatic carbocycles. The van der Waals surface area contributed by atoms with Crippen LogP contribution < -0.4 is 0 Å². The highest BCUT2D eigenvalue weighted by Gasteiger charge is 2.37. The molecular formula is C44H82O6. The van der Waals surface area contributed by atoms with E-state index in [9.17, 15) is 0 Å². The number of benzene rings is 1. The van der Waals surface area contributed by atoms with Crippen LogP contribution in [0.2, 0.25) is 0 Å². The van der Waals surface area contributed by atoms with Gasteiger partial charge >= 0.3 is 0 Å². The maximum absolute atomic E-state index is 6.20. The molecule has 1 rings (SSSR count). The molecule has 0 N–H and O–H groups in total. The second kappa shape index (κ2) is 26.7. The second-order valence-electron chi connectivity index (χ2n) is 16.1. The van der Waals surface area contributed by atoms with Gasteiger partial charge < -0.3 is 28.4 Å². The summed E-state index contributed by atoms with van der Waals surface area (Å²) in [6.07, 6.45) is 21.6. The number of unbranched alkanes of at least 4 members (excludes halogenated alkanes) is 12. The second-order valence-corrected chi connectivity index (χ2v) is 16.1. The Labute approximate surface area is 310 Å². The molecule has 1 aromatic rings. The molecule has 0 atom stereocenters. The van der Waals surface area contributed by atoms with Crippen molar-refractivity contribution < 1.29 is 28.4 Å². The molecule has 0 saturated heterocycles. The number of hydrogen-bond acceptors (Lipinski definition) is 6. The molecule has 0 amide bonds. The van der Waals surface area contributed by atoms with Crippen molar-refractivity contribution in [1.82, 2.24) is 0 Å². The van der Waals surface area contributed by atoms with E-state index in [4.69, 9.17) is 28.4 Å². The predicted molar refractivity (Wildman–Crippen MR) is 211 cm³/mol. The molecule has 0 heterocycles. The lowest BCUT2D eigenvalue weighted by atomic mass is 9.99. The smallest absolute Gasteiger partial charge is 0.283 e. The van der Waals surface area contributed by atoms with E-state index < -0.39 is 11.9 Å². The highest BCUT2D eigenvalue weighted by Crippen LogP contribution is 2.30. The highest BCUT2D eigenvalue weighted by atomic mass is 16.9. The summed E-state index contributed by atoms with van der Waals surface area (Å²) in [4.78, 5) is 0. The van der Waals surface area contributed by atoms with E-state index in [1.54, 1.807) is 0 Å². The first-order valence-corrected chi connectivity index (χ1v) is 20.8. The number of ether oxygens (including phenoxy) is 6. The number of rotatable bonds is 32. The fourth-order valence-electron chi connectivity index (χ4n) is 6.72. The van der Waals surface area contributed by atoms with E-state index in [1.807, 2.05) is 83.1 Å². The molecule has 0 unspecified atom stereocenters. The quantitative estimate of drug-likeness (QED) is 0.0549. The Balaban J connectivity index is 2.25. The summed E-state index contributed by atoms with van der Waals surface area (Å²) in [5, 5.41) is 0. The van der Waals surface area contributed by atoms with Crippen molar-refractivity contribution in [2.24, 2.45) is 0 Å². The van der Waals surface area contributed by atoms with Crippen LogP contribution in [0.1, 0.15) is 197 Å². The van der Waals surface area contributed by atoms with Crippen LogP contribution in [-0.2, 0) is 41.3 Å². The molecule has 0 bridgehead atoms. The van der Waals surface area contributed by atoms with Gasteiger partial charge in [-0.05, 0) is 133 Å². The molecule has 0 fully saturated rings. The average Bonchev–Trinajstić information content (AvgIpc) is 2.97. The van der Waals surface area contributed by atoms with Gasteiger partial charge in [-0.15, -0.1) is 0 Å². The third kappa shape index (κ3) is 23.5. The standard InChI is InChI=1S/C44H82O6/c1-35(2)45-43(46-36(3)4,47-37(5)6)32-25-21-17-13-15-19-23-28-41-30-27-31-42(34-41)29-24-20-16-14-18-22-26-33-44(48-38(7)8,49-39(9)10)50-40(11)12/h27,30-31,34-40H,13-26,28-29,32-33H2,1-12H3. The van der Waals surface area contributed by atoms with E-state index in [-0.39, 0.29) is 36.6 Å². The molecule has 0 saturated carbocycles. The minimum atomic E-state index is -0.935. The van der Waals surface area contributed by atoms with Gasteiger partial charge in [0.15, 0.2) is 0 Å². The summed E-state index contributed by atoms with van der Waals surface area (Å²) in [5.41, 5.74) is 3.00. The van der Waals surface area contributed by atoms with E-state index in [2.05, 4.69) is 24.3 Å². The fourth-order valence-corrected chi connectivity index (χ4v) is 6.72. The average molecular weight is 707 g/mol. The normalized spacial score (nSPS) is 13.0. The van der Waals surface area contributed by atoms with Crippen LogP contribution >= 0.6 is 0 Å². The molecule has 50 heavy (non-hydrogen) atoms. The van der Waals surface area contributed by atoms with Crippen LogP contribution in [0.3, 0.4) is 0 Å². The largest absolute Gasteiger partial charge is 0.325 e. The summed E-state index contributed by atoms with van der Waals surface area (Å²) in [6.45, 7) is 24.6. The first kappa shape index (κ1) is 47.0. The van der Waals surface area contributed by atoms with Gasteiger partial charge in [-0.25, -0.2) is 0 Å². The number of hydrogen-bond donors (Lipinski definition) is 0. The molecule has 0 spiro atoms. The third-order valence-corrected chi connectivity index (χ3v) is 8.38. The summed E-state index contributed by atoms with van der Waals surface area (Å²) >= 11 is 0. The van der Waals surface area contributed by atoms with Gasteiger partial charge in [-0.3, -0.25) is 0 Å². The zero-order valence-corrected chi connectivity index (χ0v) is 35.0. The summed E-state index contributed by atoms with van der Waals surface area (Å²) in [5.74, 6) is -1.87. The molecular weight excluding hydrogens is 624 g/mol. The monoisotopic (exact) mass is 707 g/mol. The van der Waals surface area contributed by atoms with Gasteiger partial charge in [0.05, 0.1) is 36.6 Å². The van der Waals surface area contributed by atoms with Gasteiger partial charge in [0, 0.05) is 12.8 Å². The lowest BCUT2D eigenvalue weighted by Crippen LogP contribution is -2.44. The number of aryl methyl sites for hydroxylation is 2. The van der Waals surface area contributed by atoms with Crippen molar-refractivity contribution in [3.63, 3.8) is 0 Å². The minimum absolute atomic E-state index is 0.0544. The van der Waals surface area contributed by atoms with Crippen molar-refractivity contribution in [2.75, 3.05) is 0 Å².